The normalized spacial score (nSPS) is 8.50. The van der Waals surface area contributed by atoms with Crippen LogP contribution in [0.2, 0.25) is 0 Å². The van der Waals surface area contributed by atoms with E-state index in [1.54, 1.807) is 0 Å². The first kappa shape index (κ1) is 7.41. The van der Waals surface area contributed by atoms with Gasteiger partial charge in [-0.15, -0.1) is 0 Å². The number of nitrogens with zero attached hydrogens (tertiary/aromatic N) is 2. The van der Waals surface area contributed by atoms with Crippen LogP contribution in [0.1, 0.15) is 6.42 Å². The molecule has 45 valence electrons. The van der Waals surface area contributed by atoms with Gasteiger partial charge < -0.3 is 5.11 Å². The number of rotatable bonds is 4. The minimum Gasteiger partial charge on any atom is -0.395 e. The summed E-state index contributed by atoms with van der Waals surface area (Å²) in [5.74, 6) is 0. The molecule has 0 aromatic carbocycles. The summed E-state index contributed by atoms with van der Waals surface area (Å²) in [5.41, 5.74) is 0. The van der Waals surface area contributed by atoms with E-state index in [4.69, 9.17) is 10.4 Å². The molecule has 0 saturated heterocycles. The van der Waals surface area contributed by atoms with Crippen LogP contribution in [0.4, 0.5) is 0 Å². The first-order valence-electron chi connectivity index (χ1n) is 2.53. The molecule has 3 heteroatoms. The lowest BCUT2D eigenvalue weighted by Gasteiger charge is -1.91. The maximum atomic E-state index is 8.19. The van der Waals surface area contributed by atoms with E-state index in [1.807, 2.05) is 6.07 Å². The van der Waals surface area contributed by atoms with Gasteiger partial charge in [0.15, 0.2) is 0 Å². The topological polar surface area (TPSA) is 58.1 Å². The summed E-state index contributed by atoms with van der Waals surface area (Å²) in [6.45, 7) is 1.10. The van der Waals surface area contributed by atoms with Crippen molar-refractivity contribution >= 4 is 0 Å². The predicted molar refractivity (Wildman–Crippen MR) is 29.2 cm³/mol. The molecule has 0 aliphatic carbocycles. The molecule has 0 saturated carbocycles. The number of aliphatic hydroxyl groups excluding tert-OH is 1. The first-order chi connectivity index (χ1) is 3.91. The monoisotopic (exact) mass is 113 g/mol. The summed E-state index contributed by atoms with van der Waals surface area (Å²) in [4.78, 5) is 0. The molecule has 3 nitrogen and oxygen atoms in total. The molecule has 0 rings (SSSR count). The van der Waals surface area contributed by atoms with Crippen molar-refractivity contribution in [1.82, 2.24) is 5.32 Å². The number of hydrogen-bond donors (Lipinski definition) is 1. The van der Waals surface area contributed by atoms with Crippen LogP contribution in [0.3, 0.4) is 0 Å². The van der Waals surface area contributed by atoms with Gasteiger partial charge in [-0.25, -0.2) is 5.32 Å². The Bertz CT molecular complexity index is 77.0. The molecular weight excluding hydrogens is 104 g/mol. The summed E-state index contributed by atoms with van der Waals surface area (Å²) >= 11 is 0. The minimum absolute atomic E-state index is 0.0887. The van der Waals surface area contributed by atoms with E-state index in [9.17, 15) is 0 Å². The standard InChI is InChI=1S/C5H9N2O/c6-2-1-3-7-4-5-8/h8H,1,3-5H2. The average molecular weight is 113 g/mol. The third-order valence-electron chi connectivity index (χ3n) is 0.640. The Morgan fingerprint density at radius 3 is 2.75 bits per heavy atom. The highest BCUT2D eigenvalue weighted by atomic mass is 16.3. The molecule has 0 heterocycles. The fourth-order valence-electron chi connectivity index (χ4n) is 0.312. The van der Waals surface area contributed by atoms with Crippen molar-refractivity contribution in [2.45, 2.75) is 6.42 Å². The van der Waals surface area contributed by atoms with Gasteiger partial charge in [-0.05, 0) is 0 Å². The van der Waals surface area contributed by atoms with Gasteiger partial charge in [-0.3, -0.25) is 0 Å². The maximum Gasteiger partial charge on any atom is 0.0635 e. The summed E-state index contributed by atoms with van der Waals surface area (Å²) in [5, 5.41) is 20.0. The Labute approximate surface area is 48.9 Å². The van der Waals surface area contributed by atoms with E-state index in [-0.39, 0.29) is 6.61 Å². The van der Waals surface area contributed by atoms with Gasteiger partial charge in [0.25, 0.3) is 0 Å². The Morgan fingerprint density at radius 1 is 1.50 bits per heavy atom. The van der Waals surface area contributed by atoms with E-state index in [1.165, 1.54) is 0 Å². The van der Waals surface area contributed by atoms with Gasteiger partial charge in [-0.1, -0.05) is 0 Å². The SMILES string of the molecule is N#CCC[N]CCO. The molecule has 0 bridgehead atoms. The quantitative estimate of drug-likeness (QED) is 0.499. The van der Waals surface area contributed by atoms with Crippen molar-refractivity contribution in [3.05, 3.63) is 0 Å². The van der Waals surface area contributed by atoms with Gasteiger partial charge in [0.2, 0.25) is 0 Å². The molecule has 1 N–H and O–H groups in total. The van der Waals surface area contributed by atoms with Crippen molar-refractivity contribution < 1.29 is 5.11 Å². The molecule has 0 fully saturated rings. The Hall–Kier alpha value is -0.590. The van der Waals surface area contributed by atoms with Gasteiger partial charge in [0, 0.05) is 19.5 Å². The van der Waals surface area contributed by atoms with Crippen molar-refractivity contribution in [3.63, 3.8) is 0 Å². The van der Waals surface area contributed by atoms with Crippen LogP contribution in [0.25, 0.3) is 0 Å². The average Bonchev–Trinajstić information content (AvgIpc) is 1.81. The number of nitriles is 1. The van der Waals surface area contributed by atoms with Gasteiger partial charge in [0.1, 0.15) is 0 Å². The molecule has 0 amide bonds. The fourth-order valence-corrected chi connectivity index (χ4v) is 0.312. The summed E-state index contributed by atoms with van der Waals surface area (Å²) < 4.78 is 0. The highest BCUT2D eigenvalue weighted by Gasteiger charge is 1.83. The van der Waals surface area contributed by atoms with Gasteiger partial charge in [0.05, 0.1) is 12.7 Å². The molecule has 0 atom stereocenters. The summed E-state index contributed by atoms with van der Waals surface area (Å²) in [7, 11) is 0. The van der Waals surface area contributed by atoms with Crippen LogP contribution < -0.4 is 5.32 Å². The second kappa shape index (κ2) is 6.41. The van der Waals surface area contributed by atoms with Crippen LogP contribution in [-0.4, -0.2) is 24.8 Å². The molecule has 0 unspecified atom stereocenters. The molecule has 0 aliphatic heterocycles. The second-order valence-electron chi connectivity index (χ2n) is 1.30. The van der Waals surface area contributed by atoms with E-state index in [0.29, 0.717) is 19.5 Å². The lowest BCUT2D eigenvalue weighted by molar-refractivity contribution is 0.291. The lowest BCUT2D eigenvalue weighted by atomic mass is 10.5. The minimum atomic E-state index is 0.0887. The van der Waals surface area contributed by atoms with Crippen LogP contribution in [0.15, 0.2) is 0 Å². The fraction of sp³-hybridized carbons (Fsp3) is 0.800. The second-order valence-corrected chi connectivity index (χ2v) is 1.30. The number of hydrogen-bond acceptors (Lipinski definition) is 2. The zero-order chi connectivity index (χ0) is 6.24. The molecule has 1 radical (unpaired) electrons. The van der Waals surface area contributed by atoms with Crippen molar-refractivity contribution in [2.24, 2.45) is 0 Å². The smallest absolute Gasteiger partial charge is 0.0635 e. The third kappa shape index (κ3) is 5.41. The van der Waals surface area contributed by atoms with Gasteiger partial charge in [-0.2, -0.15) is 5.26 Å². The predicted octanol–water partition coefficient (Wildman–Crippen LogP) is -0.503. The highest BCUT2D eigenvalue weighted by molar-refractivity contribution is 4.69. The van der Waals surface area contributed by atoms with E-state index >= 15 is 0 Å². The maximum absolute atomic E-state index is 8.19. The van der Waals surface area contributed by atoms with Crippen molar-refractivity contribution in [1.29, 1.82) is 5.26 Å². The molecule has 0 aromatic rings. The lowest BCUT2D eigenvalue weighted by Crippen LogP contribution is -2.10. The van der Waals surface area contributed by atoms with Gasteiger partial charge >= 0.3 is 0 Å². The molecule has 8 heavy (non-hydrogen) atoms. The molecule has 0 aromatic heterocycles. The molecule has 0 spiro atoms. The highest BCUT2D eigenvalue weighted by Crippen LogP contribution is 1.70. The number of aliphatic hydroxyl groups is 1. The Balaban J connectivity index is 2.65. The van der Waals surface area contributed by atoms with Crippen LogP contribution in [0, 0.1) is 11.3 Å². The van der Waals surface area contributed by atoms with Crippen molar-refractivity contribution in [2.75, 3.05) is 19.7 Å². The van der Waals surface area contributed by atoms with E-state index < -0.39 is 0 Å². The largest absolute Gasteiger partial charge is 0.395 e. The van der Waals surface area contributed by atoms with Crippen LogP contribution in [0.5, 0.6) is 0 Å². The zero-order valence-corrected chi connectivity index (χ0v) is 4.67. The first-order valence-corrected chi connectivity index (χ1v) is 2.53. The van der Waals surface area contributed by atoms with Crippen LogP contribution in [-0.2, 0) is 0 Å². The van der Waals surface area contributed by atoms with Crippen LogP contribution >= 0.6 is 0 Å². The Morgan fingerprint density at radius 2 is 2.25 bits per heavy atom. The molecular formula is C5H9N2O. The molecule has 0 aliphatic rings. The van der Waals surface area contributed by atoms with E-state index in [0.717, 1.165) is 0 Å². The summed E-state index contributed by atoms with van der Waals surface area (Å²) in [6, 6.07) is 1.95. The summed E-state index contributed by atoms with van der Waals surface area (Å²) in [6.07, 6.45) is 0.458. The Kier molecular flexibility index (Phi) is 5.94. The van der Waals surface area contributed by atoms with Crippen molar-refractivity contribution in [3.8, 4) is 6.07 Å². The third-order valence-corrected chi connectivity index (χ3v) is 0.640. The zero-order valence-electron chi connectivity index (χ0n) is 4.67. The van der Waals surface area contributed by atoms with E-state index in [2.05, 4.69) is 5.32 Å².